The van der Waals surface area contributed by atoms with Crippen LogP contribution in [0.3, 0.4) is 0 Å². The monoisotopic (exact) mass is 946 g/mol. The van der Waals surface area contributed by atoms with Crippen molar-refractivity contribution in [2.24, 2.45) is 0 Å². The first-order valence-corrected chi connectivity index (χ1v) is 20.9. The molecule has 2 aliphatic heterocycles. The molecule has 0 spiro atoms. The van der Waals surface area contributed by atoms with Crippen molar-refractivity contribution < 1.29 is 42.9 Å². The highest BCUT2D eigenvalue weighted by Crippen LogP contribution is 2.48. The van der Waals surface area contributed by atoms with Gasteiger partial charge in [0.25, 0.3) is 11.8 Å². The zero-order valence-corrected chi connectivity index (χ0v) is 35.8. The number of carbonyl (C=O) groups is 3. The predicted octanol–water partition coefficient (Wildman–Crippen LogP) is 8.51. The number of hydrogen-bond acceptors (Lipinski definition) is 10. The lowest BCUT2D eigenvalue weighted by Gasteiger charge is -2.35. The van der Waals surface area contributed by atoms with Gasteiger partial charge < -0.3 is 25.3 Å². The highest BCUT2D eigenvalue weighted by Gasteiger charge is 2.53. The van der Waals surface area contributed by atoms with E-state index in [0.717, 1.165) is 21.9 Å². The SMILES string of the molecule is C#Cc1c(F)ccc(N2C(=O)c3ccccc3C2(O)c2ccc3nc(NC(=O)O)[nH]c3c2)c1F.O=C1c2ccccc2C(O)(c2ccc3nc(Nc4ncccn4)[nH]c3c2)N1c1cccc(Cl)c1F. The van der Waals surface area contributed by atoms with Crippen LogP contribution in [0.5, 0.6) is 0 Å². The molecule has 11 rings (SSSR count). The first-order valence-electron chi connectivity index (χ1n) is 20.5. The average molecular weight is 947 g/mol. The van der Waals surface area contributed by atoms with Gasteiger partial charge in [0.05, 0.1) is 44.0 Å². The Bertz CT molecular complexity index is 3640. The Labute approximate surface area is 391 Å². The molecule has 5 heterocycles. The molecule has 0 saturated carbocycles. The number of rotatable bonds is 7. The van der Waals surface area contributed by atoms with E-state index in [-0.39, 0.29) is 38.9 Å². The first kappa shape index (κ1) is 43.8. The fourth-order valence-electron chi connectivity index (χ4n) is 8.51. The number of carbonyl (C=O) groups excluding carboxylic acids is 2. The van der Waals surface area contributed by atoms with Gasteiger partial charge in [0.2, 0.25) is 17.8 Å². The molecule has 6 aromatic carbocycles. The Kier molecular flexibility index (Phi) is 10.6. The number of H-pyrrole nitrogens is 2. The zero-order chi connectivity index (χ0) is 48.4. The quantitative estimate of drug-likeness (QED) is 0.0750. The molecule has 0 aliphatic carbocycles. The molecule has 3 amide bonds. The molecule has 69 heavy (non-hydrogen) atoms. The van der Waals surface area contributed by atoms with Crippen LogP contribution < -0.4 is 20.4 Å². The average Bonchev–Trinajstić information content (AvgIpc) is 4.06. The highest BCUT2D eigenvalue weighted by atomic mass is 35.5. The number of nitrogens with zero attached hydrogens (tertiary/aromatic N) is 6. The Balaban J connectivity index is 0.000000160. The summed E-state index contributed by atoms with van der Waals surface area (Å²) in [7, 11) is 0. The van der Waals surface area contributed by atoms with E-state index in [4.69, 9.17) is 23.1 Å². The van der Waals surface area contributed by atoms with E-state index in [2.05, 4.69) is 40.5 Å². The number of carboxylic acid groups (broad SMARTS) is 1. The maximum atomic E-state index is 15.3. The van der Waals surface area contributed by atoms with Gasteiger partial charge in [-0.25, -0.2) is 37.9 Å². The van der Waals surface area contributed by atoms with Gasteiger partial charge in [0.15, 0.2) is 23.1 Å². The summed E-state index contributed by atoms with van der Waals surface area (Å²) in [4.78, 5) is 62.3. The fraction of sp³-hybridized carbons (Fsp3) is 0.0408. The summed E-state index contributed by atoms with van der Waals surface area (Å²) < 4.78 is 44.4. The second-order valence-corrected chi connectivity index (χ2v) is 15.9. The van der Waals surface area contributed by atoms with Crippen molar-refractivity contribution >= 4 is 80.8 Å². The number of amides is 3. The summed E-state index contributed by atoms with van der Waals surface area (Å²) in [6.07, 6.45) is 7.14. The van der Waals surface area contributed by atoms with E-state index in [1.165, 1.54) is 48.5 Å². The van der Waals surface area contributed by atoms with Crippen LogP contribution >= 0.6 is 11.6 Å². The third-order valence-corrected chi connectivity index (χ3v) is 11.8. The van der Waals surface area contributed by atoms with Gasteiger partial charge in [-0.3, -0.25) is 30.0 Å². The number of hydrogen-bond donors (Lipinski definition) is 7. The number of aliphatic hydroxyl groups is 2. The van der Waals surface area contributed by atoms with Crippen molar-refractivity contribution in [1.82, 2.24) is 29.9 Å². The lowest BCUT2D eigenvalue weighted by molar-refractivity contribution is 0.0689. The Morgan fingerprint density at radius 2 is 1.22 bits per heavy atom. The summed E-state index contributed by atoms with van der Waals surface area (Å²) in [5, 5.41) is 38.0. The van der Waals surface area contributed by atoms with Crippen molar-refractivity contribution in [3.8, 4) is 12.3 Å². The van der Waals surface area contributed by atoms with Crippen LogP contribution in [0.15, 0.2) is 134 Å². The topological polar surface area (TPSA) is 226 Å². The number of aromatic amines is 2. The second-order valence-electron chi connectivity index (χ2n) is 15.5. The molecule has 2 aliphatic rings. The van der Waals surface area contributed by atoms with Gasteiger partial charge in [-0.2, -0.15) is 0 Å². The van der Waals surface area contributed by atoms with Crippen LogP contribution in [-0.2, 0) is 11.4 Å². The number of anilines is 5. The van der Waals surface area contributed by atoms with Crippen molar-refractivity contribution in [1.29, 1.82) is 0 Å². The maximum Gasteiger partial charge on any atom is 0.411 e. The van der Waals surface area contributed by atoms with Crippen molar-refractivity contribution in [2.75, 3.05) is 20.4 Å². The fourth-order valence-corrected chi connectivity index (χ4v) is 8.68. The van der Waals surface area contributed by atoms with E-state index >= 15 is 8.78 Å². The number of halogens is 4. The molecular formula is C49H30ClF3N10O6. The van der Waals surface area contributed by atoms with Crippen LogP contribution in [0.25, 0.3) is 22.1 Å². The van der Waals surface area contributed by atoms with E-state index in [1.54, 1.807) is 73.1 Å². The Morgan fingerprint density at radius 1 is 0.681 bits per heavy atom. The summed E-state index contributed by atoms with van der Waals surface area (Å²) >= 11 is 6.01. The first-order chi connectivity index (χ1) is 33.2. The largest absolute Gasteiger partial charge is 0.465 e. The van der Waals surface area contributed by atoms with Gasteiger partial charge in [-0.1, -0.05) is 72.1 Å². The summed E-state index contributed by atoms with van der Waals surface area (Å²) in [5.41, 5.74) is -2.10. The molecule has 0 radical (unpaired) electrons. The number of imidazole rings is 2. The number of fused-ring (bicyclic) bond motifs is 4. The third-order valence-electron chi connectivity index (χ3n) is 11.5. The van der Waals surface area contributed by atoms with Crippen molar-refractivity contribution in [2.45, 2.75) is 11.4 Å². The van der Waals surface area contributed by atoms with Crippen LogP contribution in [0.1, 0.15) is 48.5 Å². The molecule has 0 fully saturated rings. The van der Waals surface area contributed by atoms with Gasteiger partial charge in [0.1, 0.15) is 5.82 Å². The van der Waals surface area contributed by atoms with Crippen LogP contribution in [0.2, 0.25) is 5.02 Å². The lowest BCUT2D eigenvalue weighted by Crippen LogP contribution is -2.45. The Hall–Kier alpha value is -9.09. The normalized spacial score (nSPS) is 17.1. The van der Waals surface area contributed by atoms with Crippen molar-refractivity contribution in [3.05, 3.63) is 195 Å². The molecule has 2 atom stereocenters. The molecule has 16 nitrogen and oxygen atoms in total. The van der Waals surface area contributed by atoms with E-state index in [0.29, 0.717) is 45.1 Å². The molecule has 340 valence electrons. The molecule has 2 unspecified atom stereocenters. The zero-order valence-electron chi connectivity index (χ0n) is 35.0. The summed E-state index contributed by atoms with van der Waals surface area (Å²) in [6.45, 7) is 0. The van der Waals surface area contributed by atoms with Gasteiger partial charge in [-0.05, 0) is 66.7 Å². The number of benzene rings is 6. The minimum Gasteiger partial charge on any atom is -0.465 e. The molecule has 7 N–H and O–H groups in total. The minimum atomic E-state index is -2.20. The minimum absolute atomic E-state index is 0.0466. The predicted molar refractivity (Wildman–Crippen MR) is 247 cm³/mol. The van der Waals surface area contributed by atoms with Gasteiger partial charge in [0, 0.05) is 45.8 Å². The van der Waals surface area contributed by atoms with Crippen molar-refractivity contribution in [3.63, 3.8) is 0 Å². The van der Waals surface area contributed by atoms with Crippen LogP contribution in [-0.4, -0.2) is 63.1 Å². The van der Waals surface area contributed by atoms with Gasteiger partial charge in [-0.15, -0.1) is 6.42 Å². The van der Waals surface area contributed by atoms with E-state index in [1.807, 2.05) is 5.92 Å². The standard InChI is InChI=1S/C25H16ClFN6O2.C24H14F2N4O4/c26-17-7-3-8-20(21(17)27)33-22(34)15-5-1-2-6-16(15)25(33,35)14-9-10-18-19(13-14)31-24(30-18)32-23-28-11-4-12-29-23;1-2-13-16(25)8-10-19(20(13)26)30-21(31)14-5-3-4-6-15(14)24(30,34)12-7-9-17-18(11-12)28-22(27-17)29-23(32)33/h1-13,35H,(H2,28,29,30,31,32);1,3-11,34H,(H,32,33)(H2,27,28,29). The number of aromatic nitrogens is 6. The second kappa shape index (κ2) is 16.7. The molecule has 9 aromatic rings. The number of terminal acetylenes is 1. The molecule has 3 aromatic heterocycles. The van der Waals surface area contributed by atoms with Crippen LogP contribution in [0.4, 0.5) is 47.2 Å². The van der Waals surface area contributed by atoms with Crippen LogP contribution in [0, 0.1) is 29.8 Å². The molecule has 20 heteroatoms. The molecular weight excluding hydrogens is 917 g/mol. The maximum absolute atomic E-state index is 15.3. The van der Waals surface area contributed by atoms with Gasteiger partial charge >= 0.3 is 6.09 Å². The lowest BCUT2D eigenvalue weighted by atomic mass is 9.93. The third kappa shape index (κ3) is 7.10. The smallest absolute Gasteiger partial charge is 0.411 e. The Morgan fingerprint density at radius 3 is 1.78 bits per heavy atom. The molecule has 0 saturated heterocycles. The molecule has 0 bridgehead atoms. The summed E-state index contributed by atoms with van der Waals surface area (Å²) in [5.74, 6) is -1.56. The highest BCUT2D eigenvalue weighted by molar-refractivity contribution is 6.31. The summed E-state index contributed by atoms with van der Waals surface area (Å²) in [6, 6.07) is 30.3. The number of nitrogens with one attached hydrogen (secondary N) is 4. The van der Waals surface area contributed by atoms with E-state index < -0.39 is 58.1 Å². The van der Waals surface area contributed by atoms with E-state index in [9.17, 15) is 29.0 Å².